The molecule has 1 aliphatic heterocycles. The van der Waals surface area contributed by atoms with E-state index in [2.05, 4.69) is 56.1 Å². The van der Waals surface area contributed by atoms with E-state index in [1.165, 1.54) is 12.1 Å². The molecule has 0 aromatic carbocycles. The quantitative estimate of drug-likeness (QED) is 0.907. The van der Waals surface area contributed by atoms with Crippen LogP contribution in [0, 0.1) is 5.92 Å². The standard InChI is InChI=1S/C15H28N4/c1-12(2)19-11-14(9-17-19)18-7-6-13(10-18)8-16-15(3,4)5/h9,11-13,16H,6-8,10H2,1-5H3. The van der Waals surface area contributed by atoms with Crippen LogP contribution >= 0.6 is 0 Å². The fourth-order valence-corrected chi connectivity index (χ4v) is 2.46. The first-order valence-corrected chi connectivity index (χ1v) is 7.39. The third kappa shape index (κ3) is 3.96. The normalized spacial score (nSPS) is 20.5. The van der Waals surface area contributed by atoms with Crippen LogP contribution in [0.25, 0.3) is 0 Å². The molecule has 0 aliphatic carbocycles. The van der Waals surface area contributed by atoms with E-state index in [0.29, 0.717) is 6.04 Å². The maximum Gasteiger partial charge on any atom is 0.0752 e. The first-order valence-electron chi connectivity index (χ1n) is 7.39. The van der Waals surface area contributed by atoms with Crippen molar-refractivity contribution in [2.75, 3.05) is 24.5 Å². The number of nitrogens with one attached hydrogen (secondary N) is 1. The lowest BCUT2D eigenvalue weighted by Gasteiger charge is -2.23. The predicted molar refractivity (Wildman–Crippen MR) is 80.7 cm³/mol. The van der Waals surface area contributed by atoms with Gasteiger partial charge in [0, 0.05) is 37.4 Å². The number of hydrogen-bond donors (Lipinski definition) is 1. The van der Waals surface area contributed by atoms with Gasteiger partial charge in [-0.05, 0) is 47.0 Å². The van der Waals surface area contributed by atoms with Gasteiger partial charge in [-0.25, -0.2) is 0 Å². The summed E-state index contributed by atoms with van der Waals surface area (Å²) < 4.78 is 2.04. The number of anilines is 1. The van der Waals surface area contributed by atoms with Gasteiger partial charge in [-0.1, -0.05) is 0 Å². The lowest BCUT2D eigenvalue weighted by Crippen LogP contribution is -2.39. The van der Waals surface area contributed by atoms with Gasteiger partial charge in [0.15, 0.2) is 0 Å². The van der Waals surface area contributed by atoms with Crippen LogP contribution in [0.3, 0.4) is 0 Å². The van der Waals surface area contributed by atoms with Gasteiger partial charge in [0.05, 0.1) is 11.9 Å². The van der Waals surface area contributed by atoms with Crippen molar-refractivity contribution >= 4 is 5.69 Å². The third-order valence-electron chi connectivity index (χ3n) is 3.69. The van der Waals surface area contributed by atoms with Crippen LogP contribution in [-0.2, 0) is 0 Å². The van der Waals surface area contributed by atoms with Crippen molar-refractivity contribution in [3.8, 4) is 0 Å². The Balaban J connectivity index is 1.87. The van der Waals surface area contributed by atoms with Gasteiger partial charge in [-0.3, -0.25) is 4.68 Å². The molecule has 1 aromatic rings. The number of rotatable bonds is 4. The summed E-state index contributed by atoms with van der Waals surface area (Å²) in [6, 6.07) is 0.440. The summed E-state index contributed by atoms with van der Waals surface area (Å²) in [5, 5.41) is 8.04. The molecule has 1 fully saturated rings. The van der Waals surface area contributed by atoms with Crippen molar-refractivity contribution in [3.63, 3.8) is 0 Å². The van der Waals surface area contributed by atoms with Gasteiger partial charge in [0.1, 0.15) is 0 Å². The van der Waals surface area contributed by atoms with Crippen molar-refractivity contribution in [2.45, 2.75) is 52.6 Å². The fraction of sp³-hybridized carbons (Fsp3) is 0.800. The Morgan fingerprint density at radius 1 is 1.42 bits per heavy atom. The summed E-state index contributed by atoms with van der Waals surface area (Å²) in [6.45, 7) is 14.4. The van der Waals surface area contributed by atoms with Crippen molar-refractivity contribution in [3.05, 3.63) is 12.4 Å². The average molecular weight is 264 g/mol. The lowest BCUT2D eigenvalue weighted by atomic mass is 10.1. The van der Waals surface area contributed by atoms with Gasteiger partial charge in [0.2, 0.25) is 0 Å². The SMILES string of the molecule is CC(C)n1cc(N2CCC(CNC(C)(C)C)C2)cn1. The molecule has 2 rings (SSSR count). The highest BCUT2D eigenvalue weighted by Gasteiger charge is 2.24. The molecule has 1 N–H and O–H groups in total. The topological polar surface area (TPSA) is 33.1 Å². The Hall–Kier alpha value is -1.03. The summed E-state index contributed by atoms with van der Waals surface area (Å²) >= 11 is 0. The highest BCUT2D eigenvalue weighted by Crippen LogP contribution is 2.24. The Morgan fingerprint density at radius 3 is 2.74 bits per heavy atom. The number of nitrogens with zero attached hydrogens (tertiary/aromatic N) is 3. The minimum atomic E-state index is 0.218. The van der Waals surface area contributed by atoms with E-state index >= 15 is 0 Å². The van der Waals surface area contributed by atoms with Crippen LogP contribution < -0.4 is 10.2 Å². The molecule has 1 aromatic heterocycles. The molecule has 1 atom stereocenters. The van der Waals surface area contributed by atoms with Crippen LogP contribution in [-0.4, -0.2) is 35.0 Å². The number of aromatic nitrogens is 2. The van der Waals surface area contributed by atoms with Crippen LogP contribution in [0.2, 0.25) is 0 Å². The van der Waals surface area contributed by atoms with Crippen molar-refractivity contribution in [1.82, 2.24) is 15.1 Å². The maximum absolute atomic E-state index is 4.43. The van der Waals surface area contributed by atoms with Crippen molar-refractivity contribution in [1.29, 1.82) is 0 Å². The highest BCUT2D eigenvalue weighted by atomic mass is 15.3. The second kappa shape index (κ2) is 5.53. The van der Waals surface area contributed by atoms with Gasteiger partial charge < -0.3 is 10.2 Å². The zero-order chi connectivity index (χ0) is 14.0. The molecule has 4 heteroatoms. The molecule has 0 saturated carbocycles. The van der Waals surface area contributed by atoms with Crippen LogP contribution in [0.5, 0.6) is 0 Å². The first-order chi connectivity index (χ1) is 8.85. The highest BCUT2D eigenvalue weighted by molar-refractivity contribution is 5.43. The van der Waals surface area contributed by atoms with Crippen LogP contribution in [0.15, 0.2) is 12.4 Å². The molecule has 19 heavy (non-hydrogen) atoms. The molecule has 108 valence electrons. The molecule has 0 bridgehead atoms. The lowest BCUT2D eigenvalue weighted by molar-refractivity contribution is 0.383. The molecule has 1 saturated heterocycles. The summed E-state index contributed by atoms with van der Waals surface area (Å²) in [6.07, 6.45) is 5.44. The van der Waals surface area contributed by atoms with E-state index in [1.54, 1.807) is 0 Å². The zero-order valence-electron chi connectivity index (χ0n) is 13.0. The minimum Gasteiger partial charge on any atom is -0.369 e. The Kier molecular flexibility index (Phi) is 4.19. The average Bonchev–Trinajstić information content (AvgIpc) is 2.94. The Bertz CT molecular complexity index is 403. The van der Waals surface area contributed by atoms with E-state index < -0.39 is 0 Å². The van der Waals surface area contributed by atoms with Gasteiger partial charge in [-0.2, -0.15) is 5.10 Å². The van der Waals surface area contributed by atoms with E-state index in [1.807, 2.05) is 10.9 Å². The second-order valence-electron chi connectivity index (χ2n) is 7.00. The summed E-state index contributed by atoms with van der Waals surface area (Å²) in [5.74, 6) is 0.752. The predicted octanol–water partition coefficient (Wildman–Crippen LogP) is 2.68. The van der Waals surface area contributed by atoms with E-state index in [-0.39, 0.29) is 5.54 Å². The molecule has 1 aliphatic rings. The molecular weight excluding hydrogens is 236 g/mol. The summed E-state index contributed by atoms with van der Waals surface area (Å²) in [4.78, 5) is 2.46. The minimum absolute atomic E-state index is 0.218. The molecular formula is C15H28N4. The fourth-order valence-electron chi connectivity index (χ4n) is 2.46. The third-order valence-corrected chi connectivity index (χ3v) is 3.69. The molecule has 0 amide bonds. The molecule has 0 radical (unpaired) electrons. The summed E-state index contributed by atoms with van der Waals surface area (Å²) in [7, 11) is 0. The molecule has 2 heterocycles. The summed E-state index contributed by atoms with van der Waals surface area (Å²) in [5.41, 5.74) is 1.49. The Morgan fingerprint density at radius 2 is 2.16 bits per heavy atom. The molecule has 1 unspecified atom stereocenters. The largest absolute Gasteiger partial charge is 0.369 e. The second-order valence-corrected chi connectivity index (χ2v) is 7.00. The zero-order valence-corrected chi connectivity index (χ0v) is 13.0. The van der Waals surface area contributed by atoms with Crippen molar-refractivity contribution in [2.24, 2.45) is 5.92 Å². The first kappa shape index (κ1) is 14.4. The van der Waals surface area contributed by atoms with Gasteiger partial charge in [-0.15, -0.1) is 0 Å². The van der Waals surface area contributed by atoms with Gasteiger partial charge >= 0.3 is 0 Å². The van der Waals surface area contributed by atoms with E-state index in [4.69, 9.17) is 0 Å². The van der Waals surface area contributed by atoms with Crippen LogP contribution in [0.1, 0.15) is 47.1 Å². The number of hydrogen-bond acceptors (Lipinski definition) is 3. The van der Waals surface area contributed by atoms with E-state index in [0.717, 1.165) is 25.6 Å². The monoisotopic (exact) mass is 264 g/mol. The van der Waals surface area contributed by atoms with Crippen molar-refractivity contribution < 1.29 is 0 Å². The molecule has 0 spiro atoms. The molecule has 4 nitrogen and oxygen atoms in total. The Labute approximate surface area is 117 Å². The van der Waals surface area contributed by atoms with E-state index in [9.17, 15) is 0 Å². The van der Waals surface area contributed by atoms with Gasteiger partial charge in [0.25, 0.3) is 0 Å². The maximum atomic E-state index is 4.43. The smallest absolute Gasteiger partial charge is 0.0752 e. The van der Waals surface area contributed by atoms with Crippen LogP contribution in [0.4, 0.5) is 5.69 Å².